The third kappa shape index (κ3) is 1.95. The van der Waals surface area contributed by atoms with E-state index >= 15 is 0 Å². The number of benzene rings is 1. The molecule has 0 unspecified atom stereocenters. The van der Waals surface area contributed by atoms with Gasteiger partial charge in [-0.1, -0.05) is 11.6 Å². The Labute approximate surface area is 91.9 Å². The van der Waals surface area contributed by atoms with Gasteiger partial charge in [0.25, 0.3) is 0 Å². The molecule has 1 aromatic carbocycles. The fraction of sp³-hybridized carbons (Fsp3) is 0.167. The fourth-order valence-electron chi connectivity index (χ4n) is 1.52. The van der Waals surface area contributed by atoms with Crippen molar-refractivity contribution in [2.45, 2.75) is 13.8 Å². The summed E-state index contributed by atoms with van der Waals surface area (Å²) in [5.41, 5.74) is 1.22. The molecule has 0 radical (unpaired) electrons. The number of aryl methyl sites for hydroxylation is 1. The zero-order valence-electron chi connectivity index (χ0n) is 9.03. The van der Waals surface area contributed by atoms with Crippen LogP contribution in [-0.2, 0) is 4.79 Å². The summed E-state index contributed by atoms with van der Waals surface area (Å²) < 4.78 is 5.08. The third-order valence-corrected chi connectivity index (χ3v) is 2.20. The Morgan fingerprint density at radius 2 is 2.06 bits per heavy atom. The summed E-state index contributed by atoms with van der Waals surface area (Å²) in [6.07, 6.45) is 0. The standard InChI is InChI=1S/C12H11NO3/c1-7-3-4-11-9(5-7)6-10(12(15)16-11)13-8(2)14/h3-6H,1-2H3,(H,13,14). The van der Waals surface area contributed by atoms with Gasteiger partial charge in [-0.05, 0) is 25.1 Å². The Morgan fingerprint density at radius 3 is 2.75 bits per heavy atom. The lowest BCUT2D eigenvalue weighted by atomic mass is 10.1. The minimum Gasteiger partial charge on any atom is -0.421 e. The van der Waals surface area contributed by atoms with Crippen LogP contribution in [0.1, 0.15) is 12.5 Å². The van der Waals surface area contributed by atoms with E-state index in [9.17, 15) is 9.59 Å². The summed E-state index contributed by atoms with van der Waals surface area (Å²) in [7, 11) is 0. The van der Waals surface area contributed by atoms with Gasteiger partial charge in [0.05, 0.1) is 0 Å². The average Bonchev–Trinajstić information content (AvgIpc) is 2.19. The van der Waals surface area contributed by atoms with E-state index in [1.54, 1.807) is 12.1 Å². The van der Waals surface area contributed by atoms with Gasteiger partial charge in [-0.15, -0.1) is 0 Å². The predicted octanol–water partition coefficient (Wildman–Crippen LogP) is 2.06. The van der Waals surface area contributed by atoms with Gasteiger partial charge in [0.15, 0.2) is 0 Å². The van der Waals surface area contributed by atoms with E-state index in [-0.39, 0.29) is 11.6 Å². The number of carbonyl (C=O) groups excluding carboxylic acids is 1. The number of nitrogens with one attached hydrogen (secondary N) is 1. The van der Waals surface area contributed by atoms with Crippen molar-refractivity contribution in [2.24, 2.45) is 0 Å². The first-order valence-electron chi connectivity index (χ1n) is 4.88. The number of fused-ring (bicyclic) bond motifs is 1. The summed E-state index contributed by atoms with van der Waals surface area (Å²) in [6, 6.07) is 7.12. The van der Waals surface area contributed by atoms with Crippen molar-refractivity contribution in [1.29, 1.82) is 0 Å². The minimum atomic E-state index is -0.536. The molecule has 1 amide bonds. The largest absolute Gasteiger partial charge is 0.421 e. The van der Waals surface area contributed by atoms with Crippen molar-refractivity contribution in [3.05, 3.63) is 40.2 Å². The first-order valence-corrected chi connectivity index (χ1v) is 4.88. The van der Waals surface area contributed by atoms with E-state index in [0.717, 1.165) is 10.9 Å². The lowest BCUT2D eigenvalue weighted by Gasteiger charge is -2.02. The van der Waals surface area contributed by atoms with Crippen LogP contribution in [0.25, 0.3) is 11.0 Å². The van der Waals surface area contributed by atoms with Gasteiger partial charge in [0.2, 0.25) is 5.91 Å². The van der Waals surface area contributed by atoms with E-state index in [1.807, 2.05) is 19.1 Å². The van der Waals surface area contributed by atoms with E-state index in [4.69, 9.17) is 4.42 Å². The van der Waals surface area contributed by atoms with Crippen molar-refractivity contribution >= 4 is 22.6 Å². The van der Waals surface area contributed by atoms with Crippen LogP contribution in [0.4, 0.5) is 5.69 Å². The second-order valence-corrected chi connectivity index (χ2v) is 3.67. The number of rotatable bonds is 1. The van der Waals surface area contributed by atoms with Gasteiger partial charge in [-0.2, -0.15) is 0 Å². The van der Waals surface area contributed by atoms with Gasteiger partial charge >= 0.3 is 5.63 Å². The molecule has 0 aliphatic rings. The molecular weight excluding hydrogens is 206 g/mol. The van der Waals surface area contributed by atoms with Crippen LogP contribution < -0.4 is 10.9 Å². The number of anilines is 1. The topological polar surface area (TPSA) is 59.3 Å². The van der Waals surface area contributed by atoms with E-state index in [1.165, 1.54) is 6.92 Å². The highest BCUT2D eigenvalue weighted by molar-refractivity contribution is 5.91. The third-order valence-electron chi connectivity index (χ3n) is 2.20. The number of hydrogen-bond donors (Lipinski definition) is 1. The summed E-state index contributed by atoms with van der Waals surface area (Å²) in [6.45, 7) is 3.29. The van der Waals surface area contributed by atoms with Gasteiger partial charge in [-0.3, -0.25) is 4.79 Å². The van der Waals surface area contributed by atoms with Crippen molar-refractivity contribution < 1.29 is 9.21 Å². The maximum atomic E-state index is 11.5. The Morgan fingerprint density at radius 1 is 1.31 bits per heavy atom. The second kappa shape index (κ2) is 3.81. The molecule has 1 N–H and O–H groups in total. The Bertz CT molecular complexity index is 613. The summed E-state index contributed by atoms with van der Waals surface area (Å²) in [5, 5.41) is 3.23. The van der Waals surface area contributed by atoms with Crippen LogP contribution in [-0.4, -0.2) is 5.91 Å². The van der Waals surface area contributed by atoms with Crippen LogP contribution in [0.15, 0.2) is 33.5 Å². The molecule has 0 spiro atoms. The average molecular weight is 217 g/mol. The molecule has 0 aliphatic heterocycles. The quantitative estimate of drug-likeness (QED) is 0.744. The molecule has 82 valence electrons. The Balaban J connectivity index is 2.64. The molecule has 0 saturated carbocycles. The van der Waals surface area contributed by atoms with Crippen LogP contribution in [0.5, 0.6) is 0 Å². The molecule has 2 rings (SSSR count). The molecule has 0 saturated heterocycles. The zero-order chi connectivity index (χ0) is 11.7. The van der Waals surface area contributed by atoms with E-state index in [2.05, 4.69) is 5.32 Å². The van der Waals surface area contributed by atoms with Crippen molar-refractivity contribution in [1.82, 2.24) is 0 Å². The molecular formula is C12H11NO3. The fourth-order valence-corrected chi connectivity index (χ4v) is 1.52. The van der Waals surface area contributed by atoms with E-state index < -0.39 is 5.63 Å². The van der Waals surface area contributed by atoms with Crippen LogP contribution in [0.2, 0.25) is 0 Å². The molecule has 4 nitrogen and oxygen atoms in total. The summed E-state index contributed by atoms with van der Waals surface area (Å²) in [5.74, 6) is -0.292. The predicted molar refractivity (Wildman–Crippen MR) is 61.5 cm³/mol. The van der Waals surface area contributed by atoms with Gasteiger partial charge in [0.1, 0.15) is 11.3 Å². The Kier molecular flexibility index (Phi) is 2.48. The van der Waals surface area contributed by atoms with Gasteiger partial charge in [0, 0.05) is 12.3 Å². The maximum Gasteiger partial charge on any atom is 0.360 e. The molecule has 0 aliphatic carbocycles. The highest BCUT2D eigenvalue weighted by Crippen LogP contribution is 2.17. The SMILES string of the molecule is CC(=O)Nc1cc2cc(C)ccc2oc1=O. The van der Waals surface area contributed by atoms with Crippen LogP contribution >= 0.6 is 0 Å². The summed E-state index contributed by atoms with van der Waals surface area (Å²) >= 11 is 0. The second-order valence-electron chi connectivity index (χ2n) is 3.67. The van der Waals surface area contributed by atoms with Gasteiger partial charge in [-0.25, -0.2) is 4.79 Å². The van der Waals surface area contributed by atoms with Crippen molar-refractivity contribution in [3.8, 4) is 0 Å². The molecule has 16 heavy (non-hydrogen) atoms. The minimum absolute atomic E-state index is 0.172. The molecule has 0 atom stereocenters. The van der Waals surface area contributed by atoms with Crippen molar-refractivity contribution in [3.63, 3.8) is 0 Å². The highest BCUT2D eigenvalue weighted by Gasteiger charge is 2.06. The molecule has 2 aromatic rings. The van der Waals surface area contributed by atoms with Crippen molar-refractivity contribution in [2.75, 3.05) is 5.32 Å². The van der Waals surface area contributed by atoms with E-state index in [0.29, 0.717) is 5.58 Å². The molecule has 1 heterocycles. The zero-order valence-corrected chi connectivity index (χ0v) is 9.03. The molecule has 0 fully saturated rings. The maximum absolute atomic E-state index is 11.5. The molecule has 1 aromatic heterocycles. The number of carbonyl (C=O) groups is 1. The lowest BCUT2D eigenvalue weighted by molar-refractivity contribution is -0.114. The van der Waals surface area contributed by atoms with Gasteiger partial charge < -0.3 is 9.73 Å². The molecule has 0 bridgehead atoms. The Hall–Kier alpha value is -2.10. The monoisotopic (exact) mass is 217 g/mol. The molecule has 4 heteroatoms. The first kappa shape index (κ1) is 10.4. The highest BCUT2D eigenvalue weighted by atomic mass is 16.4. The number of amides is 1. The lowest BCUT2D eigenvalue weighted by Crippen LogP contribution is -2.14. The summed E-state index contributed by atoms with van der Waals surface area (Å²) in [4.78, 5) is 22.3. The normalized spacial score (nSPS) is 10.4. The first-order chi connectivity index (χ1) is 7.56. The van der Waals surface area contributed by atoms with Crippen LogP contribution in [0, 0.1) is 6.92 Å². The number of hydrogen-bond acceptors (Lipinski definition) is 3. The van der Waals surface area contributed by atoms with Crippen LogP contribution in [0.3, 0.4) is 0 Å². The smallest absolute Gasteiger partial charge is 0.360 e.